The Bertz CT molecular complexity index is 1330. The summed E-state index contributed by atoms with van der Waals surface area (Å²) < 4.78 is 6.91. The molecule has 0 saturated heterocycles. The van der Waals surface area contributed by atoms with Crippen molar-refractivity contribution in [1.29, 1.82) is 0 Å². The Morgan fingerprint density at radius 2 is 1.66 bits per heavy atom. The average Bonchev–Trinajstić information content (AvgIpc) is 2.77. The predicted molar refractivity (Wildman–Crippen MR) is 127 cm³/mol. The fraction of sp³-hybridized carbons (Fsp3) is 0.125. The minimum Gasteiger partial charge on any atom is -0.494 e. The standard InChI is InChI=1S/C24H21ClN4O3/c1-3-32-20-11-6-17(7-12-20)27-24(31)28-18-8-13-22-21(14-18)23(30)29(15(2)26-22)19-9-4-16(25)5-10-19/h4-14H,3H2,1-2H3,(H2,27,28,31). The van der Waals surface area contributed by atoms with Crippen LogP contribution in [0.1, 0.15) is 12.7 Å². The largest absolute Gasteiger partial charge is 0.494 e. The Morgan fingerprint density at radius 1 is 1.00 bits per heavy atom. The van der Waals surface area contributed by atoms with E-state index < -0.39 is 6.03 Å². The van der Waals surface area contributed by atoms with Gasteiger partial charge in [0.2, 0.25) is 0 Å². The van der Waals surface area contributed by atoms with Gasteiger partial charge in [-0.1, -0.05) is 11.6 Å². The number of hydrogen-bond acceptors (Lipinski definition) is 4. The number of urea groups is 1. The summed E-state index contributed by atoms with van der Waals surface area (Å²) in [5.41, 5.74) is 2.08. The molecule has 1 aromatic heterocycles. The number of halogens is 1. The molecule has 0 bridgehead atoms. The molecular formula is C24H21ClN4O3. The number of aromatic nitrogens is 2. The Hall–Kier alpha value is -3.84. The highest BCUT2D eigenvalue weighted by Gasteiger charge is 2.12. The number of nitrogens with one attached hydrogen (secondary N) is 2. The molecule has 0 unspecified atom stereocenters. The molecule has 4 aromatic rings. The molecule has 1 heterocycles. The lowest BCUT2D eigenvalue weighted by atomic mass is 10.2. The number of nitrogens with zero attached hydrogens (tertiary/aromatic N) is 2. The van der Waals surface area contributed by atoms with Crippen molar-refractivity contribution in [2.45, 2.75) is 13.8 Å². The molecule has 0 aliphatic heterocycles. The first-order chi connectivity index (χ1) is 15.4. The Balaban J connectivity index is 1.59. The topological polar surface area (TPSA) is 85.2 Å². The van der Waals surface area contributed by atoms with Crippen LogP contribution in [0.15, 0.2) is 71.5 Å². The van der Waals surface area contributed by atoms with Crippen molar-refractivity contribution in [2.24, 2.45) is 0 Å². The normalized spacial score (nSPS) is 10.7. The van der Waals surface area contributed by atoms with Gasteiger partial charge in [-0.25, -0.2) is 9.78 Å². The van der Waals surface area contributed by atoms with Crippen molar-refractivity contribution in [3.63, 3.8) is 0 Å². The number of hydrogen-bond donors (Lipinski definition) is 2. The van der Waals surface area contributed by atoms with E-state index in [1.807, 2.05) is 6.92 Å². The van der Waals surface area contributed by atoms with Gasteiger partial charge < -0.3 is 15.4 Å². The van der Waals surface area contributed by atoms with Crippen molar-refractivity contribution in [3.05, 3.63) is 87.9 Å². The average molecular weight is 449 g/mol. The summed E-state index contributed by atoms with van der Waals surface area (Å²) in [6, 6.07) is 18.6. The van der Waals surface area contributed by atoms with Crippen molar-refractivity contribution >= 4 is 39.9 Å². The number of anilines is 2. The highest BCUT2D eigenvalue weighted by Crippen LogP contribution is 2.20. The minimum atomic E-state index is -0.424. The van der Waals surface area contributed by atoms with Crippen LogP contribution in [0.3, 0.4) is 0 Å². The van der Waals surface area contributed by atoms with Gasteiger partial charge in [0.15, 0.2) is 0 Å². The second-order valence-electron chi connectivity index (χ2n) is 7.04. The van der Waals surface area contributed by atoms with Crippen LogP contribution in [0, 0.1) is 6.92 Å². The second kappa shape index (κ2) is 9.11. The summed E-state index contributed by atoms with van der Waals surface area (Å²) in [7, 11) is 0. The molecular weight excluding hydrogens is 428 g/mol. The maximum atomic E-state index is 13.2. The Labute approximate surface area is 189 Å². The van der Waals surface area contributed by atoms with E-state index in [0.29, 0.717) is 45.4 Å². The molecule has 0 aliphatic carbocycles. The van der Waals surface area contributed by atoms with Crippen molar-refractivity contribution < 1.29 is 9.53 Å². The highest BCUT2D eigenvalue weighted by molar-refractivity contribution is 6.30. The zero-order valence-corrected chi connectivity index (χ0v) is 18.3. The maximum absolute atomic E-state index is 13.2. The summed E-state index contributed by atoms with van der Waals surface area (Å²) in [5, 5.41) is 6.49. The molecule has 3 aromatic carbocycles. The predicted octanol–water partition coefficient (Wildman–Crippen LogP) is 5.39. The molecule has 0 atom stereocenters. The number of carbonyl (C=O) groups is 1. The number of aryl methyl sites for hydroxylation is 1. The number of carbonyl (C=O) groups excluding carboxylic acids is 1. The van der Waals surface area contributed by atoms with Gasteiger partial charge in [0.05, 0.1) is 23.2 Å². The van der Waals surface area contributed by atoms with Crippen LogP contribution in [0.5, 0.6) is 5.75 Å². The van der Waals surface area contributed by atoms with Gasteiger partial charge in [0.25, 0.3) is 5.56 Å². The zero-order chi connectivity index (χ0) is 22.7. The van der Waals surface area contributed by atoms with Crippen molar-refractivity contribution in [1.82, 2.24) is 9.55 Å². The van der Waals surface area contributed by atoms with E-state index in [4.69, 9.17) is 16.3 Å². The van der Waals surface area contributed by atoms with Gasteiger partial charge in [-0.05, 0) is 80.6 Å². The molecule has 2 amide bonds. The summed E-state index contributed by atoms with van der Waals surface area (Å²) >= 11 is 5.97. The molecule has 32 heavy (non-hydrogen) atoms. The minimum absolute atomic E-state index is 0.231. The molecule has 8 heteroatoms. The maximum Gasteiger partial charge on any atom is 0.323 e. The summed E-state index contributed by atoms with van der Waals surface area (Å²) in [6.45, 7) is 4.25. The van der Waals surface area contributed by atoms with Crippen LogP contribution in [0.2, 0.25) is 5.02 Å². The molecule has 7 nitrogen and oxygen atoms in total. The third-order valence-corrected chi connectivity index (χ3v) is 5.05. The van der Waals surface area contributed by atoms with E-state index in [1.54, 1.807) is 73.7 Å². The molecule has 162 valence electrons. The molecule has 4 rings (SSSR count). The molecule has 0 radical (unpaired) electrons. The van der Waals surface area contributed by atoms with Crippen molar-refractivity contribution in [2.75, 3.05) is 17.2 Å². The van der Waals surface area contributed by atoms with Gasteiger partial charge in [-0.15, -0.1) is 0 Å². The van der Waals surface area contributed by atoms with Crippen molar-refractivity contribution in [3.8, 4) is 11.4 Å². The third kappa shape index (κ3) is 4.58. The smallest absolute Gasteiger partial charge is 0.323 e. The van der Waals surface area contributed by atoms with Crippen LogP contribution in [0.4, 0.5) is 16.2 Å². The SMILES string of the molecule is CCOc1ccc(NC(=O)Nc2ccc3nc(C)n(-c4ccc(Cl)cc4)c(=O)c3c2)cc1. The number of amides is 2. The van der Waals surface area contributed by atoms with Gasteiger partial charge in [-0.3, -0.25) is 9.36 Å². The van der Waals surface area contributed by atoms with E-state index in [0.717, 1.165) is 5.75 Å². The van der Waals surface area contributed by atoms with E-state index in [9.17, 15) is 9.59 Å². The quantitative estimate of drug-likeness (QED) is 0.428. The molecule has 0 fully saturated rings. The summed E-state index contributed by atoms with van der Waals surface area (Å²) in [4.78, 5) is 30.2. The van der Waals surface area contributed by atoms with Gasteiger partial charge in [0.1, 0.15) is 11.6 Å². The third-order valence-electron chi connectivity index (χ3n) is 4.80. The molecule has 0 spiro atoms. The van der Waals surface area contributed by atoms with E-state index in [1.165, 1.54) is 4.57 Å². The van der Waals surface area contributed by atoms with E-state index in [-0.39, 0.29) is 5.56 Å². The fourth-order valence-corrected chi connectivity index (χ4v) is 3.49. The van der Waals surface area contributed by atoms with Crippen LogP contribution < -0.4 is 20.9 Å². The van der Waals surface area contributed by atoms with E-state index in [2.05, 4.69) is 15.6 Å². The van der Waals surface area contributed by atoms with E-state index >= 15 is 0 Å². The lowest BCUT2D eigenvalue weighted by Crippen LogP contribution is -2.23. The van der Waals surface area contributed by atoms with Crippen LogP contribution in [-0.4, -0.2) is 22.2 Å². The highest BCUT2D eigenvalue weighted by atomic mass is 35.5. The van der Waals surface area contributed by atoms with Gasteiger partial charge in [-0.2, -0.15) is 0 Å². The number of rotatable bonds is 5. The van der Waals surface area contributed by atoms with Crippen LogP contribution in [-0.2, 0) is 0 Å². The number of ether oxygens (including phenoxy) is 1. The Kier molecular flexibility index (Phi) is 6.09. The number of benzene rings is 3. The van der Waals surface area contributed by atoms with Gasteiger partial charge >= 0.3 is 6.03 Å². The lowest BCUT2D eigenvalue weighted by Gasteiger charge is -2.12. The Morgan fingerprint density at radius 3 is 2.34 bits per heavy atom. The summed E-state index contributed by atoms with van der Waals surface area (Å²) in [6.07, 6.45) is 0. The summed E-state index contributed by atoms with van der Waals surface area (Å²) in [5.74, 6) is 1.28. The zero-order valence-electron chi connectivity index (χ0n) is 17.6. The van der Waals surface area contributed by atoms with Crippen LogP contribution >= 0.6 is 11.6 Å². The lowest BCUT2D eigenvalue weighted by molar-refractivity contribution is 0.262. The first-order valence-electron chi connectivity index (χ1n) is 10.0. The first kappa shape index (κ1) is 21.4. The number of fused-ring (bicyclic) bond motifs is 1. The first-order valence-corrected chi connectivity index (χ1v) is 10.4. The van der Waals surface area contributed by atoms with Gasteiger partial charge in [0, 0.05) is 16.4 Å². The molecule has 2 N–H and O–H groups in total. The monoisotopic (exact) mass is 448 g/mol. The molecule has 0 aliphatic rings. The second-order valence-corrected chi connectivity index (χ2v) is 7.48. The van der Waals surface area contributed by atoms with Crippen LogP contribution in [0.25, 0.3) is 16.6 Å². The fourth-order valence-electron chi connectivity index (χ4n) is 3.36. The molecule has 0 saturated carbocycles.